The maximum absolute atomic E-state index is 13.2. The lowest BCUT2D eigenvalue weighted by atomic mass is 10.1. The highest BCUT2D eigenvalue weighted by molar-refractivity contribution is 5.94. The quantitative estimate of drug-likeness (QED) is 0.141. The van der Waals surface area contributed by atoms with Gasteiger partial charge in [-0.3, -0.25) is 24.0 Å². The van der Waals surface area contributed by atoms with Crippen LogP contribution < -0.4 is 21.7 Å². The van der Waals surface area contributed by atoms with Gasteiger partial charge in [-0.25, -0.2) is 9.78 Å². The van der Waals surface area contributed by atoms with Crippen molar-refractivity contribution in [1.82, 2.24) is 30.8 Å². The number of hydrogen-bond donors (Lipinski definition) is 5. The van der Waals surface area contributed by atoms with Gasteiger partial charge >= 0.3 is 5.97 Å². The number of rotatable bonds is 14. The summed E-state index contributed by atoms with van der Waals surface area (Å²) < 4.78 is 4.85. The Hall–Kier alpha value is -4.23. The molecule has 1 aromatic heterocycles. The number of nitrogens with two attached hydrogens (primary N) is 1. The van der Waals surface area contributed by atoms with Gasteiger partial charge in [-0.1, -0.05) is 6.08 Å². The minimum absolute atomic E-state index is 0.00386. The van der Waals surface area contributed by atoms with Gasteiger partial charge in [0.15, 0.2) is 0 Å². The molecule has 39 heavy (non-hydrogen) atoms. The van der Waals surface area contributed by atoms with Crippen LogP contribution >= 0.6 is 0 Å². The van der Waals surface area contributed by atoms with Crippen molar-refractivity contribution in [2.24, 2.45) is 5.73 Å². The average Bonchev–Trinajstić information content (AvgIpc) is 3.57. The van der Waals surface area contributed by atoms with Crippen molar-refractivity contribution in [3.63, 3.8) is 0 Å². The number of carbonyl (C=O) groups is 6. The van der Waals surface area contributed by atoms with Crippen LogP contribution in [0.2, 0.25) is 0 Å². The van der Waals surface area contributed by atoms with E-state index in [-0.39, 0.29) is 31.8 Å². The fraction of sp³-hybridized carbons (Fsp3) is 0.560. The molecule has 0 aliphatic carbocycles. The predicted molar refractivity (Wildman–Crippen MR) is 138 cm³/mol. The third-order valence-electron chi connectivity index (χ3n) is 6.08. The van der Waals surface area contributed by atoms with Crippen molar-refractivity contribution in [3.05, 3.63) is 30.4 Å². The molecule has 14 heteroatoms. The molecule has 1 saturated heterocycles. The number of carbonyl (C=O) groups excluding carboxylic acids is 6. The number of nitrogens with zero attached hydrogens (tertiary/aromatic N) is 2. The summed E-state index contributed by atoms with van der Waals surface area (Å²) in [4.78, 5) is 82.2. The fourth-order valence-corrected chi connectivity index (χ4v) is 4.08. The third kappa shape index (κ3) is 10.2. The van der Waals surface area contributed by atoms with Crippen molar-refractivity contribution in [1.29, 1.82) is 0 Å². The highest BCUT2D eigenvalue weighted by Gasteiger charge is 2.34. The summed E-state index contributed by atoms with van der Waals surface area (Å²) in [6, 6.07) is -3.54. The number of aromatic amines is 1. The first-order valence-electron chi connectivity index (χ1n) is 12.8. The number of ether oxygens (including phenoxy) is 1. The van der Waals surface area contributed by atoms with Crippen molar-refractivity contribution in [3.8, 4) is 0 Å². The molecule has 1 aliphatic heterocycles. The number of esters is 1. The van der Waals surface area contributed by atoms with Crippen LogP contribution in [0.1, 0.15) is 52.3 Å². The standard InChI is InChI=1S/C25H37N7O7/c1-4-39-22(35)10-8-17(7-9-20(26)34)30-24(37)18(14-21-27-11-12-28-21)31-23(36)15(2)29-25(38)19-6-5-13-32(19)16(3)33/h8,10-12,15,17-19H,4-7,9,13-14H2,1-3H3,(H2,26,34)(H,27,28)(H,29,38)(H,30,37)(H,31,36)/b10-8+/t15-,17-,18-,19-/m0/s1. The van der Waals surface area contributed by atoms with E-state index in [4.69, 9.17) is 10.5 Å². The normalized spacial score (nSPS) is 17.2. The van der Waals surface area contributed by atoms with Crippen LogP contribution in [0, 0.1) is 0 Å². The van der Waals surface area contributed by atoms with E-state index in [0.29, 0.717) is 25.2 Å². The molecular formula is C25H37N7O7. The predicted octanol–water partition coefficient (Wildman–Crippen LogP) is -1.18. The molecule has 214 valence electrons. The van der Waals surface area contributed by atoms with Crippen LogP contribution in [0.15, 0.2) is 24.5 Å². The van der Waals surface area contributed by atoms with Gasteiger partial charge in [-0.15, -0.1) is 0 Å². The smallest absolute Gasteiger partial charge is 0.330 e. The van der Waals surface area contributed by atoms with E-state index in [0.717, 1.165) is 6.08 Å². The van der Waals surface area contributed by atoms with Crippen LogP contribution in [-0.4, -0.2) is 87.7 Å². The number of likely N-dealkylation sites (tertiary alicyclic amines) is 1. The zero-order chi connectivity index (χ0) is 28.9. The van der Waals surface area contributed by atoms with Gasteiger partial charge in [-0.05, 0) is 33.1 Å². The lowest BCUT2D eigenvalue weighted by molar-refractivity contribution is -0.138. The first-order chi connectivity index (χ1) is 18.5. The average molecular weight is 548 g/mol. The van der Waals surface area contributed by atoms with Gasteiger partial charge in [0.05, 0.1) is 6.61 Å². The van der Waals surface area contributed by atoms with Crippen molar-refractivity contribution < 1.29 is 33.5 Å². The Morgan fingerprint density at radius 2 is 1.95 bits per heavy atom. The van der Waals surface area contributed by atoms with Gasteiger partial charge in [0.1, 0.15) is 23.9 Å². The van der Waals surface area contributed by atoms with E-state index in [9.17, 15) is 28.8 Å². The minimum atomic E-state index is -1.12. The second-order valence-electron chi connectivity index (χ2n) is 9.13. The van der Waals surface area contributed by atoms with Crippen molar-refractivity contribution in [2.75, 3.05) is 13.2 Å². The SMILES string of the molecule is CCOC(=O)/C=C/[C@H](CCC(N)=O)NC(=O)[C@H](Cc1ncc[nH]1)NC(=O)[C@H](C)NC(=O)[C@@H]1CCCN1C(C)=O. The molecule has 0 aromatic carbocycles. The molecule has 0 saturated carbocycles. The van der Waals surface area contributed by atoms with Crippen molar-refractivity contribution in [2.45, 2.75) is 77.0 Å². The van der Waals surface area contributed by atoms with Gasteiger partial charge in [0.2, 0.25) is 29.5 Å². The van der Waals surface area contributed by atoms with Gasteiger partial charge in [0, 0.05) is 50.8 Å². The fourth-order valence-electron chi connectivity index (χ4n) is 4.08. The number of primary amides is 1. The Morgan fingerprint density at radius 3 is 2.56 bits per heavy atom. The van der Waals surface area contributed by atoms with Crippen LogP contribution in [0.3, 0.4) is 0 Å². The molecule has 0 unspecified atom stereocenters. The zero-order valence-corrected chi connectivity index (χ0v) is 22.4. The number of imidazole rings is 1. The largest absolute Gasteiger partial charge is 0.463 e. The molecule has 2 rings (SSSR count). The van der Waals surface area contributed by atoms with E-state index >= 15 is 0 Å². The summed E-state index contributed by atoms with van der Waals surface area (Å²) in [5.41, 5.74) is 5.24. The molecule has 0 spiro atoms. The maximum atomic E-state index is 13.2. The van der Waals surface area contributed by atoms with E-state index in [1.54, 1.807) is 13.1 Å². The third-order valence-corrected chi connectivity index (χ3v) is 6.08. The first kappa shape index (κ1) is 31.0. The monoisotopic (exact) mass is 547 g/mol. The highest BCUT2D eigenvalue weighted by atomic mass is 16.5. The van der Waals surface area contributed by atoms with Gasteiger partial charge < -0.3 is 36.3 Å². The molecule has 1 aliphatic rings. The number of hydrogen-bond acceptors (Lipinski definition) is 8. The second kappa shape index (κ2) is 15.2. The molecule has 4 atom stereocenters. The minimum Gasteiger partial charge on any atom is -0.463 e. The molecule has 2 heterocycles. The summed E-state index contributed by atoms with van der Waals surface area (Å²) in [5, 5.41) is 7.94. The van der Waals surface area contributed by atoms with Crippen LogP contribution in [-0.2, 0) is 39.9 Å². The molecule has 1 fully saturated rings. The van der Waals surface area contributed by atoms with Crippen LogP contribution in [0.5, 0.6) is 0 Å². The molecule has 14 nitrogen and oxygen atoms in total. The Balaban J connectivity index is 2.11. The molecule has 0 bridgehead atoms. The summed E-state index contributed by atoms with van der Waals surface area (Å²) >= 11 is 0. The van der Waals surface area contributed by atoms with Gasteiger partial charge in [-0.2, -0.15) is 0 Å². The summed E-state index contributed by atoms with van der Waals surface area (Å²) in [7, 11) is 0. The Labute approximate surface area is 226 Å². The van der Waals surface area contributed by atoms with Crippen LogP contribution in [0.4, 0.5) is 0 Å². The highest BCUT2D eigenvalue weighted by Crippen LogP contribution is 2.17. The number of nitrogens with one attached hydrogen (secondary N) is 4. The molecule has 5 amide bonds. The van der Waals surface area contributed by atoms with Crippen LogP contribution in [0.25, 0.3) is 0 Å². The van der Waals surface area contributed by atoms with E-state index in [1.165, 1.54) is 31.0 Å². The Kier molecular flexibility index (Phi) is 12.1. The van der Waals surface area contributed by atoms with E-state index < -0.39 is 53.8 Å². The molecule has 0 radical (unpaired) electrons. The second-order valence-corrected chi connectivity index (χ2v) is 9.13. The topological polar surface area (TPSA) is 206 Å². The van der Waals surface area contributed by atoms with Gasteiger partial charge in [0.25, 0.3) is 0 Å². The van der Waals surface area contributed by atoms with E-state index in [1.807, 2.05) is 0 Å². The first-order valence-corrected chi connectivity index (χ1v) is 12.8. The lowest BCUT2D eigenvalue weighted by Crippen LogP contribution is -2.56. The summed E-state index contributed by atoms with van der Waals surface area (Å²) in [6.45, 7) is 5.15. The summed E-state index contributed by atoms with van der Waals surface area (Å²) in [5.74, 6) is -2.69. The molecule has 6 N–H and O–H groups in total. The maximum Gasteiger partial charge on any atom is 0.330 e. The molecule has 1 aromatic rings. The summed E-state index contributed by atoms with van der Waals surface area (Å²) in [6.07, 6.45) is 6.81. The van der Waals surface area contributed by atoms with E-state index in [2.05, 4.69) is 25.9 Å². The number of aromatic nitrogens is 2. The zero-order valence-electron chi connectivity index (χ0n) is 22.4. The number of amides is 5. The Morgan fingerprint density at radius 1 is 1.21 bits per heavy atom. The lowest BCUT2D eigenvalue weighted by Gasteiger charge is -2.25. The number of H-pyrrole nitrogens is 1. The Bertz CT molecular complexity index is 1060. The molecular weight excluding hydrogens is 510 g/mol. The van der Waals surface area contributed by atoms with Crippen molar-refractivity contribution >= 4 is 35.5 Å².